The highest BCUT2D eigenvalue weighted by molar-refractivity contribution is 5.73. The van der Waals surface area contributed by atoms with Crippen molar-refractivity contribution in [2.75, 3.05) is 20.3 Å². The van der Waals surface area contributed by atoms with E-state index in [1.165, 1.54) is 53.6 Å². The standard InChI is InChI=1S/C26H28F2.C20H14F4.CF2O.CH2F2/c1-20-8-12-23(13-9-20)25-17-16-24(19-26(25)28)22-14-10-21(11-15-22)7-5-3-2-4-6-18-27;21-9-8-13-4-6-17(19(23)10-13)15-5-7-18(20(24)12-15)14-2-1-3-16(22)11-14;2-1(3)4;2-1-3/h8-17,19H,2-7,18H2,1H3;1-7,10-12H,8-9H2;;1H2. The second kappa shape index (κ2) is 25.6. The number of halogens is 10. The molecule has 0 unspecified atom stereocenters. The molecule has 312 valence electrons. The Kier molecular flexibility index (Phi) is 20.7. The first-order valence-corrected chi connectivity index (χ1v) is 18.8. The summed E-state index contributed by atoms with van der Waals surface area (Å²) in [6.45, 7) is -0.483. The van der Waals surface area contributed by atoms with E-state index in [1.807, 2.05) is 43.3 Å². The molecule has 0 bridgehead atoms. The molecular formula is C48H44F10O. The molecule has 0 aliphatic rings. The molecule has 0 atom stereocenters. The van der Waals surface area contributed by atoms with Crippen LogP contribution in [-0.4, -0.2) is 26.6 Å². The van der Waals surface area contributed by atoms with Gasteiger partial charge in [0.2, 0.25) is 6.93 Å². The van der Waals surface area contributed by atoms with Gasteiger partial charge in [0.1, 0.15) is 23.3 Å². The summed E-state index contributed by atoms with van der Waals surface area (Å²) in [5.74, 6) is -1.74. The Morgan fingerprint density at radius 3 is 1.46 bits per heavy atom. The first-order chi connectivity index (χ1) is 28.4. The van der Waals surface area contributed by atoms with Gasteiger partial charge in [0.15, 0.2) is 0 Å². The number of unbranched alkanes of at least 4 members (excludes halogenated alkanes) is 4. The second-order valence-electron chi connectivity index (χ2n) is 13.2. The van der Waals surface area contributed by atoms with Crippen LogP contribution >= 0.6 is 0 Å². The lowest BCUT2D eigenvalue weighted by Gasteiger charge is -2.09. The quantitative estimate of drug-likeness (QED) is 0.0644. The van der Waals surface area contributed by atoms with Crippen molar-refractivity contribution < 1.29 is 48.7 Å². The van der Waals surface area contributed by atoms with Crippen LogP contribution in [0.3, 0.4) is 0 Å². The maximum atomic E-state index is 14.7. The first-order valence-electron chi connectivity index (χ1n) is 18.8. The lowest BCUT2D eigenvalue weighted by Crippen LogP contribution is -1.92. The van der Waals surface area contributed by atoms with Gasteiger partial charge >= 0.3 is 6.29 Å². The van der Waals surface area contributed by atoms with Crippen molar-refractivity contribution in [2.45, 2.75) is 51.9 Å². The predicted octanol–water partition coefficient (Wildman–Crippen LogP) is 15.8. The maximum Gasteiger partial charge on any atom is 0.483 e. The third-order valence-electron chi connectivity index (χ3n) is 9.05. The predicted molar refractivity (Wildman–Crippen MR) is 216 cm³/mol. The molecule has 0 saturated carbocycles. The molecule has 0 aromatic heterocycles. The molecule has 59 heavy (non-hydrogen) atoms. The molecule has 6 aromatic rings. The highest BCUT2D eigenvalue weighted by Gasteiger charge is 2.12. The Balaban J connectivity index is 0.000000275. The van der Waals surface area contributed by atoms with Crippen LogP contribution in [-0.2, 0) is 12.8 Å². The topological polar surface area (TPSA) is 17.1 Å². The Bertz CT molecular complexity index is 2170. The van der Waals surface area contributed by atoms with Crippen LogP contribution in [0.15, 0.2) is 127 Å². The van der Waals surface area contributed by atoms with Crippen molar-refractivity contribution >= 4 is 6.29 Å². The average Bonchev–Trinajstić information content (AvgIpc) is 3.20. The van der Waals surface area contributed by atoms with E-state index < -0.39 is 37.3 Å². The summed E-state index contributed by atoms with van der Waals surface area (Å²) >= 11 is 0. The summed E-state index contributed by atoms with van der Waals surface area (Å²) in [7, 11) is 0. The van der Waals surface area contributed by atoms with E-state index in [4.69, 9.17) is 4.79 Å². The Morgan fingerprint density at radius 2 is 0.898 bits per heavy atom. The Morgan fingerprint density at radius 1 is 0.441 bits per heavy atom. The number of hydrogen-bond acceptors (Lipinski definition) is 1. The smallest absolute Gasteiger partial charge is 0.251 e. The van der Waals surface area contributed by atoms with E-state index in [9.17, 15) is 43.9 Å². The van der Waals surface area contributed by atoms with E-state index in [0.717, 1.165) is 48.8 Å². The minimum absolute atomic E-state index is 0.143. The van der Waals surface area contributed by atoms with Crippen molar-refractivity contribution in [2.24, 2.45) is 0 Å². The van der Waals surface area contributed by atoms with Crippen LogP contribution in [0.1, 0.15) is 48.8 Å². The fraction of sp³-hybridized carbons (Fsp3) is 0.229. The first kappa shape index (κ1) is 47.7. The molecule has 0 spiro atoms. The van der Waals surface area contributed by atoms with Gasteiger partial charge in [-0.15, -0.1) is 8.78 Å². The maximum absolute atomic E-state index is 14.7. The third kappa shape index (κ3) is 16.2. The number of benzene rings is 6. The van der Waals surface area contributed by atoms with Gasteiger partial charge in [0.25, 0.3) is 0 Å². The fourth-order valence-corrected chi connectivity index (χ4v) is 6.11. The minimum atomic E-state index is -2.83. The highest BCUT2D eigenvalue weighted by atomic mass is 19.3. The molecule has 0 saturated heterocycles. The molecule has 0 fully saturated rings. The average molecular weight is 827 g/mol. The lowest BCUT2D eigenvalue weighted by molar-refractivity contribution is 0.199. The van der Waals surface area contributed by atoms with Gasteiger partial charge in [-0.1, -0.05) is 122 Å². The second-order valence-corrected chi connectivity index (χ2v) is 13.2. The van der Waals surface area contributed by atoms with Crippen molar-refractivity contribution in [1.82, 2.24) is 0 Å². The number of hydrogen-bond donors (Lipinski definition) is 0. The van der Waals surface area contributed by atoms with Gasteiger partial charge < -0.3 is 0 Å². The van der Waals surface area contributed by atoms with Crippen LogP contribution < -0.4 is 0 Å². The molecule has 6 rings (SSSR count). The van der Waals surface area contributed by atoms with E-state index in [2.05, 4.69) is 24.3 Å². The molecular weight excluding hydrogens is 783 g/mol. The van der Waals surface area contributed by atoms with Crippen molar-refractivity contribution in [3.63, 3.8) is 0 Å². The van der Waals surface area contributed by atoms with Gasteiger partial charge in [-0.25, -0.2) is 31.1 Å². The van der Waals surface area contributed by atoms with Gasteiger partial charge in [0.05, 0.1) is 13.3 Å². The monoisotopic (exact) mass is 826 g/mol. The van der Waals surface area contributed by atoms with Crippen LogP contribution in [0.25, 0.3) is 44.5 Å². The van der Waals surface area contributed by atoms with Gasteiger partial charge in [-0.3, -0.25) is 8.78 Å². The Labute approximate surface area is 338 Å². The zero-order valence-corrected chi connectivity index (χ0v) is 32.4. The minimum Gasteiger partial charge on any atom is -0.251 e. The lowest BCUT2D eigenvalue weighted by atomic mass is 9.97. The van der Waals surface area contributed by atoms with Gasteiger partial charge in [-0.05, 0) is 95.5 Å². The molecule has 0 amide bonds. The molecule has 0 radical (unpaired) electrons. The third-order valence-corrected chi connectivity index (χ3v) is 9.05. The number of carbonyl (C=O) groups excluding carboxylic acids is 1. The van der Waals surface area contributed by atoms with E-state index in [1.54, 1.807) is 24.3 Å². The van der Waals surface area contributed by atoms with Gasteiger partial charge in [0, 0.05) is 23.1 Å². The summed E-state index contributed by atoms with van der Waals surface area (Å²) in [4.78, 5) is 8.11. The van der Waals surface area contributed by atoms with Crippen molar-refractivity contribution in [3.8, 4) is 44.5 Å². The van der Waals surface area contributed by atoms with Crippen LogP contribution in [0.4, 0.5) is 48.7 Å². The number of rotatable bonds is 13. The zero-order chi connectivity index (χ0) is 43.2. The normalized spacial score (nSPS) is 10.4. The van der Waals surface area contributed by atoms with Crippen LogP contribution in [0.5, 0.6) is 0 Å². The molecule has 0 aliphatic carbocycles. The highest BCUT2D eigenvalue weighted by Crippen LogP contribution is 2.31. The SMILES string of the molecule is Cc1ccc(-c2ccc(-c3ccc(CCCCCCCF)cc3)cc2F)cc1.FCCc1ccc(-c2ccc(-c3cccc(F)c3)c(F)c2)c(F)c1.FCF.O=C(F)F. The molecule has 6 aromatic carbocycles. The summed E-state index contributed by atoms with van der Waals surface area (Å²) < 4.78 is 120. The zero-order valence-electron chi connectivity index (χ0n) is 32.4. The van der Waals surface area contributed by atoms with Crippen LogP contribution in [0, 0.1) is 30.2 Å². The van der Waals surface area contributed by atoms with Crippen molar-refractivity contribution in [3.05, 3.63) is 167 Å². The molecule has 1 nitrogen and oxygen atoms in total. The van der Waals surface area contributed by atoms with Gasteiger partial charge in [-0.2, -0.15) is 0 Å². The number of aryl methyl sites for hydroxylation is 3. The number of carbonyl (C=O) groups is 1. The summed E-state index contributed by atoms with van der Waals surface area (Å²) in [6, 6.07) is 36.1. The molecule has 0 N–H and O–H groups in total. The summed E-state index contributed by atoms with van der Waals surface area (Å²) in [6.07, 6.45) is 3.40. The molecule has 0 aliphatic heterocycles. The van der Waals surface area contributed by atoms with E-state index >= 15 is 0 Å². The van der Waals surface area contributed by atoms with E-state index in [-0.39, 0.29) is 30.0 Å². The summed E-state index contributed by atoms with van der Waals surface area (Å²) in [5, 5.41) is 0. The van der Waals surface area contributed by atoms with Crippen molar-refractivity contribution in [1.29, 1.82) is 0 Å². The van der Waals surface area contributed by atoms with E-state index in [0.29, 0.717) is 28.7 Å². The molecule has 0 heterocycles. The Hall–Kier alpha value is -5.71. The largest absolute Gasteiger partial charge is 0.483 e. The molecule has 11 heteroatoms. The summed E-state index contributed by atoms with van der Waals surface area (Å²) in [5.41, 5.74) is 7.74. The van der Waals surface area contributed by atoms with Crippen LogP contribution in [0.2, 0.25) is 0 Å². The fourth-order valence-electron chi connectivity index (χ4n) is 6.11. The number of alkyl halides is 4.